The van der Waals surface area contributed by atoms with Crippen molar-refractivity contribution in [2.45, 2.75) is 57.4 Å². The van der Waals surface area contributed by atoms with Gasteiger partial charge in [-0.2, -0.15) is 0 Å². The number of benzene rings is 1. The molecular formula is C22H26FNO4. The summed E-state index contributed by atoms with van der Waals surface area (Å²) in [5.41, 5.74) is -0.283. The first-order chi connectivity index (χ1) is 13.4. The highest BCUT2D eigenvalue weighted by molar-refractivity contribution is 5.87. The highest BCUT2D eigenvalue weighted by Gasteiger charge is 2.36. The van der Waals surface area contributed by atoms with Gasteiger partial charge >= 0.3 is 5.97 Å². The molecule has 1 saturated carbocycles. The smallest absolute Gasteiger partial charge is 0.341 e. The van der Waals surface area contributed by atoms with Crippen molar-refractivity contribution in [2.24, 2.45) is 0 Å². The first-order valence-electron chi connectivity index (χ1n) is 9.81. The first kappa shape index (κ1) is 20.1. The molecule has 0 saturated heterocycles. The van der Waals surface area contributed by atoms with Crippen molar-refractivity contribution >= 4 is 5.97 Å². The third-order valence-corrected chi connectivity index (χ3v) is 5.52. The van der Waals surface area contributed by atoms with E-state index >= 15 is 0 Å². The van der Waals surface area contributed by atoms with E-state index < -0.39 is 11.4 Å². The molecule has 1 aromatic heterocycles. The van der Waals surface area contributed by atoms with Crippen LogP contribution in [0, 0.1) is 5.82 Å². The van der Waals surface area contributed by atoms with E-state index in [1.165, 1.54) is 12.3 Å². The van der Waals surface area contributed by atoms with Crippen molar-refractivity contribution in [1.82, 2.24) is 4.57 Å². The van der Waals surface area contributed by atoms with E-state index in [4.69, 9.17) is 4.74 Å². The van der Waals surface area contributed by atoms with E-state index in [9.17, 15) is 19.1 Å². The van der Waals surface area contributed by atoms with E-state index in [0.29, 0.717) is 13.2 Å². The number of ether oxygens (including phenoxy) is 1. The summed E-state index contributed by atoms with van der Waals surface area (Å²) in [4.78, 5) is 24.0. The number of hydrogen-bond donors (Lipinski definition) is 1. The topological polar surface area (TPSA) is 68.5 Å². The molecule has 28 heavy (non-hydrogen) atoms. The number of carboxylic acids is 1. The third kappa shape index (κ3) is 4.26. The Morgan fingerprint density at radius 3 is 2.68 bits per heavy atom. The highest BCUT2D eigenvalue weighted by Crippen LogP contribution is 2.42. The lowest BCUT2D eigenvalue weighted by molar-refractivity contribution is 0.0693. The van der Waals surface area contributed by atoms with Crippen molar-refractivity contribution in [1.29, 1.82) is 0 Å². The molecular weight excluding hydrogens is 361 g/mol. The normalized spacial score (nSPS) is 15.5. The maximum Gasteiger partial charge on any atom is 0.341 e. The van der Waals surface area contributed by atoms with E-state index in [1.54, 1.807) is 22.9 Å². The molecule has 3 rings (SSSR count). The summed E-state index contributed by atoms with van der Waals surface area (Å²) in [5, 5.41) is 9.45. The van der Waals surface area contributed by atoms with Gasteiger partial charge in [0.1, 0.15) is 11.4 Å². The minimum absolute atomic E-state index is 0.0562. The van der Waals surface area contributed by atoms with Gasteiger partial charge in [0, 0.05) is 18.2 Å². The Balaban J connectivity index is 1.99. The molecule has 5 nitrogen and oxygen atoms in total. The van der Waals surface area contributed by atoms with Crippen LogP contribution in [0.3, 0.4) is 0 Å². The molecule has 2 aromatic rings. The van der Waals surface area contributed by atoms with Crippen LogP contribution in [0.2, 0.25) is 0 Å². The second-order valence-corrected chi connectivity index (χ2v) is 7.54. The molecule has 0 atom stereocenters. The average molecular weight is 387 g/mol. The van der Waals surface area contributed by atoms with Crippen LogP contribution >= 0.6 is 0 Å². The Kier molecular flexibility index (Phi) is 6.17. The molecule has 0 bridgehead atoms. The summed E-state index contributed by atoms with van der Waals surface area (Å²) < 4.78 is 21.1. The zero-order valence-corrected chi connectivity index (χ0v) is 16.1. The third-order valence-electron chi connectivity index (χ3n) is 5.52. The molecule has 1 N–H and O–H groups in total. The maximum atomic E-state index is 13.8. The van der Waals surface area contributed by atoms with E-state index in [1.807, 2.05) is 13.0 Å². The van der Waals surface area contributed by atoms with Crippen molar-refractivity contribution in [2.75, 3.05) is 6.61 Å². The van der Waals surface area contributed by atoms with E-state index in [-0.39, 0.29) is 22.5 Å². The van der Waals surface area contributed by atoms with Gasteiger partial charge in [-0.25, -0.2) is 9.18 Å². The zero-order chi connectivity index (χ0) is 20.1. The molecule has 150 valence electrons. The number of aromatic carboxylic acids is 1. The van der Waals surface area contributed by atoms with Gasteiger partial charge in [-0.15, -0.1) is 0 Å². The quantitative estimate of drug-likeness (QED) is 0.683. The van der Waals surface area contributed by atoms with Crippen molar-refractivity contribution in [3.63, 3.8) is 0 Å². The molecule has 0 spiro atoms. The lowest BCUT2D eigenvalue weighted by Crippen LogP contribution is -2.30. The van der Waals surface area contributed by atoms with Crippen LogP contribution in [0.5, 0.6) is 5.75 Å². The van der Waals surface area contributed by atoms with Crippen LogP contribution < -0.4 is 10.2 Å². The second kappa shape index (κ2) is 8.59. The summed E-state index contributed by atoms with van der Waals surface area (Å²) in [6.45, 7) is 2.85. The number of hydrogen-bond acceptors (Lipinski definition) is 3. The molecule has 1 aromatic carbocycles. The Hall–Kier alpha value is -2.63. The van der Waals surface area contributed by atoms with Gasteiger partial charge in [-0.3, -0.25) is 4.79 Å². The number of pyridine rings is 1. The van der Waals surface area contributed by atoms with Crippen LogP contribution in [0.1, 0.15) is 61.4 Å². The van der Waals surface area contributed by atoms with Crippen LogP contribution in [-0.4, -0.2) is 22.2 Å². The van der Waals surface area contributed by atoms with Crippen LogP contribution in [0.25, 0.3) is 0 Å². The molecule has 1 aliphatic carbocycles. The van der Waals surface area contributed by atoms with Gasteiger partial charge in [0.15, 0.2) is 5.75 Å². The summed E-state index contributed by atoms with van der Waals surface area (Å²) in [6.07, 6.45) is 8.48. The SMILES string of the molecule is CCCCOc1cn(CC2(c3cccc(F)c3)CCCC2)cc(C(=O)O)c1=O. The average Bonchev–Trinajstić information content (AvgIpc) is 3.13. The molecule has 0 amide bonds. The van der Waals surface area contributed by atoms with Gasteiger partial charge in [0.2, 0.25) is 5.43 Å². The lowest BCUT2D eigenvalue weighted by Gasteiger charge is -2.31. The fourth-order valence-electron chi connectivity index (χ4n) is 4.03. The second-order valence-electron chi connectivity index (χ2n) is 7.54. The molecule has 1 heterocycles. The molecule has 6 heteroatoms. The van der Waals surface area contributed by atoms with Gasteiger partial charge in [0.05, 0.1) is 12.8 Å². The molecule has 0 unspecified atom stereocenters. The maximum absolute atomic E-state index is 13.8. The Morgan fingerprint density at radius 2 is 2.04 bits per heavy atom. The van der Waals surface area contributed by atoms with Gasteiger partial charge in [-0.1, -0.05) is 38.3 Å². The number of halogens is 1. The van der Waals surface area contributed by atoms with Gasteiger partial charge < -0.3 is 14.4 Å². The van der Waals surface area contributed by atoms with Gasteiger partial charge in [-0.05, 0) is 37.0 Å². The summed E-state index contributed by atoms with van der Waals surface area (Å²) in [7, 11) is 0. The molecule has 0 radical (unpaired) electrons. The lowest BCUT2D eigenvalue weighted by atomic mass is 9.78. The fourth-order valence-corrected chi connectivity index (χ4v) is 4.03. The minimum atomic E-state index is -1.27. The molecule has 1 aliphatic rings. The Bertz CT molecular complexity index is 900. The van der Waals surface area contributed by atoms with E-state index in [2.05, 4.69) is 0 Å². The van der Waals surface area contributed by atoms with Crippen molar-refractivity contribution in [3.05, 3.63) is 63.8 Å². The minimum Gasteiger partial charge on any atom is -0.488 e. The first-order valence-corrected chi connectivity index (χ1v) is 9.81. The number of rotatable bonds is 8. The summed E-state index contributed by atoms with van der Waals surface area (Å²) in [6, 6.07) is 6.62. The number of unbranched alkanes of at least 4 members (excludes halogenated alkanes) is 1. The molecule has 0 aliphatic heterocycles. The summed E-state index contributed by atoms with van der Waals surface area (Å²) in [5.74, 6) is -1.50. The van der Waals surface area contributed by atoms with Crippen molar-refractivity contribution in [3.8, 4) is 5.75 Å². The molecule has 1 fully saturated rings. The highest BCUT2D eigenvalue weighted by atomic mass is 19.1. The number of aromatic nitrogens is 1. The van der Waals surface area contributed by atoms with Crippen LogP contribution in [-0.2, 0) is 12.0 Å². The van der Waals surface area contributed by atoms with E-state index in [0.717, 1.165) is 44.1 Å². The predicted octanol–water partition coefficient (Wildman–Crippen LogP) is 4.38. The number of carboxylic acid groups (broad SMARTS) is 1. The number of carbonyl (C=O) groups is 1. The Morgan fingerprint density at radius 1 is 1.29 bits per heavy atom. The number of nitrogens with zero attached hydrogens (tertiary/aromatic N) is 1. The van der Waals surface area contributed by atoms with Gasteiger partial charge in [0.25, 0.3) is 0 Å². The zero-order valence-electron chi connectivity index (χ0n) is 16.1. The van der Waals surface area contributed by atoms with Crippen LogP contribution in [0.15, 0.2) is 41.5 Å². The monoisotopic (exact) mass is 387 g/mol. The van der Waals surface area contributed by atoms with Crippen molar-refractivity contribution < 1.29 is 19.0 Å². The largest absolute Gasteiger partial charge is 0.488 e. The summed E-state index contributed by atoms with van der Waals surface area (Å²) >= 11 is 0. The fraction of sp³-hybridized carbons (Fsp3) is 0.455. The predicted molar refractivity (Wildman–Crippen MR) is 105 cm³/mol. The standard InChI is InChI=1S/C22H26FNO4/c1-2-3-11-28-19-14-24(13-18(20(19)25)21(26)27)15-22(9-4-5-10-22)16-7-6-8-17(23)12-16/h6-8,12-14H,2-5,9-11,15H2,1H3,(H,26,27). The van der Waals surface area contributed by atoms with Crippen LogP contribution in [0.4, 0.5) is 4.39 Å². The Labute approximate surface area is 163 Å².